The molecule has 3 N–H and O–H groups in total. The second kappa shape index (κ2) is 17.0. The van der Waals surface area contributed by atoms with Crippen LogP contribution in [-0.4, -0.2) is 92.0 Å². The minimum atomic E-state index is -1.82. The van der Waals surface area contributed by atoms with Gasteiger partial charge in [0, 0.05) is 12.1 Å². The molecule has 2 aromatic rings. The quantitative estimate of drug-likeness (QED) is 0.173. The van der Waals surface area contributed by atoms with Crippen molar-refractivity contribution in [3.63, 3.8) is 0 Å². The number of nitrogens with zero attached hydrogens (tertiary/aromatic N) is 1. The largest absolute Gasteiger partial charge is 0.493 e. The summed E-state index contributed by atoms with van der Waals surface area (Å²) in [6, 6.07) is 13.0. The number of ketones is 1. The number of hydrogen-bond donors (Lipinski definition) is 3. The number of benzene rings is 2. The zero-order valence-electron chi connectivity index (χ0n) is 24.5. The SMILES string of the molecule is COC(=O)C(CCCN(C)CCc1cccc(C(=O)CO)c1)(c1ccc(OC)c(OC)c1)C(C)C.O=C(O)C(=O)O. The highest BCUT2D eigenvalue weighted by Crippen LogP contribution is 2.41. The first-order valence-electron chi connectivity index (χ1n) is 13.1. The third-order valence-electron chi connectivity index (χ3n) is 6.90. The third-order valence-corrected chi connectivity index (χ3v) is 6.90. The molecule has 0 saturated heterocycles. The van der Waals surface area contributed by atoms with Crippen molar-refractivity contribution in [3.05, 3.63) is 59.2 Å². The van der Waals surface area contributed by atoms with Gasteiger partial charge in [-0.3, -0.25) is 9.59 Å². The molecule has 1 atom stereocenters. The number of aliphatic hydroxyl groups excluding tert-OH is 1. The van der Waals surface area contributed by atoms with Gasteiger partial charge in [-0.25, -0.2) is 9.59 Å². The summed E-state index contributed by atoms with van der Waals surface area (Å²) in [6.45, 7) is 5.20. The van der Waals surface area contributed by atoms with Crippen LogP contribution < -0.4 is 9.47 Å². The van der Waals surface area contributed by atoms with Gasteiger partial charge in [0.05, 0.1) is 26.7 Å². The zero-order valence-corrected chi connectivity index (χ0v) is 24.5. The normalized spacial score (nSPS) is 12.1. The van der Waals surface area contributed by atoms with Gasteiger partial charge in [-0.2, -0.15) is 0 Å². The summed E-state index contributed by atoms with van der Waals surface area (Å²) in [5.41, 5.74) is 1.62. The van der Waals surface area contributed by atoms with Gasteiger partial charge < -0.3 is 34.4 Å². The molecule has 2 rings (SSSR count). The van der Waals surface area contributed by atoms with Crippen LogP contribution in [0.15, 0.2) is 42.5 Å². The number of hydrogen-bond acceptors (Lipinski definition) is 9. The second-order valence-electron chi connectivity index (χ2n) is 9.74. The number of esters is 1. The molecule has 11 heteroatoms. The van der Waals surface area contributed by atoms with Crippen LogP contribution in [0.25, 0.3) is 0 Å². The van der Waals surface area contributed by atoms with E-state index in [-0.39, 0.29) is 17.7 Å². The number of carbonyl (C=O) groups excluding carboxylic acids is 2. The second-order valence-corrected chi connectivity index (χ2v) is 9.74. The molecule has 1 unspecified atom stereocenters. The van der Waals surface area contributed by atoms with E-state index >= 15 is 0 Å². The zero-order chi connectivity index (χ0) is 31.2. The van der Waals surface area contributed by atoms with Crippen LogP contribution in [0.1, 0.15) is 48.2 Å². The number of rotatable bonds is 14. The number of carbonyl (C=O) groups is 4. The van der Waals surface area contributed by atoms with E-state index in [1.165, 1.54) is 7.11 Å². The van der Waals surface area contributed by atoms with Crippen LogP contribution >= 0.6 is 0 Å². The average Bonchev–Trinajstić information content (AvgIpc) is 2.97. The molecule has 0 aliphatic rings. The summed E-state index contributed by atoms with van der Waals surface area (Å²) in [5.74, 6) is -2.98. The number of aliphatic hydroxyl groups is 1. The summed E-state index contributed by atoms with van der Waals surface area (Å²) >= 11 is 0. The summed E-state index contributed by atoms with van der Waals surface area (Å²) < 4.78 is 16.2. The van der Waals surface area contributed by atoms with Crippen molar-refractivity contribution in [1.82, 2.24) is 4.90 Å². The lowest BCUT2D eigenvalue weighted by Gasteiger charge is -2.36. The van der Waals surface area contributed by atoms with E-state index < -0.39 is 24.0 Å². The lowest BCUT2D eigenvalue weighted by atomic mass is 9.68. The van der Waals surface area contributed by atoms with E-state index in [4.69, 9.17) is 39.1 Å². The van der Waals surface area contributed by atoms with E-state index in [1.807, 2.05) is 57.3 Å². The Hall–Kier alpha value is -3.96. The molecular formula is C30H41NO10. The summed E-state index contributed by atoms with van der Waals surface area (Å²) in [6.07, 6.45) is 2.20. The lowest BCUT2D eigenvalue weighted by Crippen LogP contribution is -2.42. The van der Waals surface area contributed by atoms with Crippen LogP contribution in [-0.2, 0) is 31.0 Å². The van der Waals surface area contributed by atoms with Crippen molar-refractivity contribution in [1.29, 1.82) is 0 Å². The van der Waals surface area contributed by atoms with Gasteiger partial charge in [-0.15, -0.1) is 0 Å². The number of ether oxygens (including phenoxy) is 3. The van der Waals surface area contributed by atoms with Gasteiger partial charge in [0.15, 0.2) is 17.3 Å². The highest BCUT2D eigenvalue weighted by atomic mass is 16.5. The fraction of sp³-hybridized carbons (Fsp3) is 0.467. The van der Waals surface area contributed by atoms with Gasteiger partial charge in [0.2, 0.25) is 0 Å². The first kappa shape index (κ1) is 35.1. The maximum atomic E-state index is 13.2. The van der Waals surface area contributed by atoms with Crippen molar-refractivity contribution in [3.8, 4) is 11.5 Å². The Bertz CT molecular complexity index is 1170. The van der Waals surface area contributed by atoms with Gasteiger partial charge in [0.1, 0.15) is 6.61 Å². The molecule has 0 aromatic heterocycles. The van der Waals surface area contributed by atoms with E-state index in [0.717, 1.165) is 37.1 Å². The first-order chi connectivity index (χ1) is 19.4. The van der Waals surface area contributed by atoms with E-state index in [9.17, 15) is 9.59 Å². The molecule has 0 amide bonds. The number of methoxy groups -OCH3 is 3. The maximum Gasteiger partial charge on any atom is 0.414 e. The number of Topliss-reactive ketones (excluding diaryl/α,β-unsaturated/α-hetero) is 1. The van der Waals surface area contributed by atoms with Crippen LogP contribution in [0.5, 0.6) is 11.5 Å². The van der Waals surface area contributed by atoms with Crippen molar-refractivity contribution in [2.24, 2.45) is 5.92 Å². The summed E-state index contributed by atoms with van der Waals surface area (Å²) in [5, 5.41) is 23.9. The fourth-order valence-corrected chi connectivity index (χ4v) is 4.57. The molecule has 2 aromatic carbocycles. The molecule has 0 spiro atoms. The predicted molar refractivity (Wildman–Crippen MR) is 152 cm³/mol. The molecule has 0 bridgehead atoms. The Balaban J connectivity index is 0.00000126. The smallest absolute Gasteiger partial charge is 0.414 e. The predicted octanol–water partition coefficient (Wildman–Crippen LogP) is 3.06. The van der Waals surface area contributed by atoms with Crippen LogP contribution in [0, 0.1) is 5.92 Å². The summed E-state index contributed by atoms with van der Waals surface area (Å²) in [7, 11) is 6.65. The minimum Gasteiger partial charge on any atom is -0.493 e. The number of likely N-dealkylation sites (N-methyl/N-ethyl adjacent to an activating group) is 1. The molecule has 41 heavy (non-hydrogen) atoms. The number of aliphatic carboxylic acids is 2. The Kier molecular flexibility index (Phi) is 14.5. The monoisotopic (exact) mass is 575 g/mol. The Labute approximate surface area is 240 Å². The molecular weight excluding hydrogens is 534 g/mol. The molecule has 0 radical (unpaired) electrons. The van der Waals surface area contributed by atoms with Crippen molar-refractivity contribution >= 4 is 23.7 Å². The van der Waals surface area contributed by atoms with Crippen molar-refractivity contribution in [2.75, 3.05) is 48.1 Å². The summed E-state index contributed by atoms with van der Waals surface area (Å²) in [4.78, 5) is 45.3. The first-order valence-corrected chi connectivity index (χ1v) is 13.1. The maximum absolute atomic E-state index is 13.2. The molecule has 0 fully saturated rings. The molecule has 0 aliphatic carbocycles. The average molecular weight is 576 g/mol. The topological polar surface area (TPSA) is 160 Å². The van der Waals surface area contributed by atoms with Gasteiger partial charge >= 0.3 is 17.9 Å². The molecule has 11 nitrogen and oxygen atoms in total. The van der Waals surface area contributed by atoms with Gasteiger partial charge in [-0.1, -0.05) is 38.1 Å². The fourth-order valence-electron chi connectivity index (χ4n) is 4.57. The number of carboxylic acids is 2. The molecule has 0 heterocycles. The minimum absolute atomic E-state index is 0.00478. The van der Waals surface area contributed by atoms with Gasteiger partial charge in [0.25, 0.3) is 0 Å². The molecule has 0 aliphatic heterocycles. The van der Waals surface area contributed by atoms with Crippen LogP contribution in [0.2, 0.25) is 0 Å². The standard InChI is InChI=1S/C28H39NO6.C2H2O4/c1-20(2)28(27(32)35-6,23-11-12-25(33-4)26(18-23)34-5)14-8-15-29(3)16-13-21-9-7-10-22(17-21)24(31)19-30;3-1(4)2(5)6/h7,9-12,17-18,20,30H,8,13-16,19H2,1-6H3;(H,3,4)(H,5,6). The van der Waals surface area contributed by atoms with E-state index in [2.05, 4.69) is 4.90 Å². The highest BCUT2D eigenvalue weighted by Gasteiger charge is 2.44. The van der Waals surface area contributed by atoms with Crippen molar-refractivity contribution in [2.45, 2.75) is 38.5 Å². The Morgan fingerprint density at radius 2 is 1.54 bits per heavy atom. The number of carboxylic acid groups (broad SMARTS) is 2. The molecule has 0 saturated carbocycles. The lowest BCUT2D eigenvalue weighted by molar-refractivity contribution is -0.159. The van der Waals surface area contributed by atoms with Gasteiger partial charge in [-0.05, 0) is 68.1 Å². The Morgan fingerprint density at radius 1 is 0.902 bits per heavy atom. The highest BCUT2D eigenvalue weighted by molar-refractivity contribution is 6.27. The Morgan fingerprint density at radius 3 is 2.05 bits per heavy atom. The van der Waals surface area contributed by atoms with E-state index in [1.54, 1.807) is 20.3 Å². The van der Waals surface area contributed by atoms with E-state index in [0.29, 0.717) is 23.5 Å². The van der Waals surface area contributed by atoms with Crippen LogP contribution in [0.4, 0.5) is 0 Å². The van der Waals surface area contributed by atoms with Crippen molar-refractivity contribution < 1.29 is 48.7 Å². The third kappa shape index (κ3) is 9.87. The molecule has 226 valence electrons. The van der Waals surface area contributed by atoms with Crippen LogP contribution in [0.3, 0.4) is 0 Å².